The van der Waals surface area contributed by atoms with Gasteiger partial charge in [-0.25, -0.2) is 0 Å². The van der Waals surface area contributed by atoms with Crippen molar-refractivity contribution in [3.05, 3.63) is 34.3 Å². The molecule has 0 spiro atoms. The lowest BCUT2D eigenvalue weighted by Gasteiger charge is -2.54. The fourth-order valence-electron chi connectivity index (χ4n) is 4.14. The minimum Gasteiger partial charge on any atom is -0.316 e. The zero-order valence-corrected chi connectivity index (χ0v) is 13.5. The molecule has 3 heteroatoms. The van der Waals surface area contributed by atoms with Crippen LogP contribution in [0.15, 0.2) is 28.7 Å². The van der Waals surface area contributed by atoms with Crippen molar-refractivity contribution in [2.75, 3.05) is 26.2 Å². The number of rotatable bonds is 2. The highest BCUT2D eigenvalue weighted by Crippen LogP contribution is 2.42. The van der Waals surface area contributed by atoms with Crippen LogP contribution >= 0.6 is 15.9 Å². The summed E-state index contributed by atoms with van der Waals surface area (Å²) in [5.41, 5.74) is 2.31. The number of likely N-dealkylation sites (tertiary alicyclic amines) is 1. The van der Waals surface area contributed by atoms with E-state index in [0.717, 1.165) is 11.0 Å². The van der Waals surface area contributed by atoms with E-state index in [9.17, 15) is 0 Å². The summed E-state index contributed by atoms with van der Waals surface area (Å²) in [7, 11) is 0. The molecule has 0 unspecified atom stereocenters. The molecule has 1 aromatic carbocycles. The van der Waals surface area contributed by atoms with Crippen molar-refractivity contribution in [3.8, 4) is 0 Å². The summed E-state index contributed by atoms with van der Waals surface area (Å²) < 4.78 is 1.16. The maximum Gasteiger partial charge on any atom is 0.0234 e. The summed E-state index contributed by atoms with van der Waals surface area (Å²) in [6, 6.07) is 8.75. The maximum atomic E-state index is 3.63. The number of fused-ring (bicyclic) bond motifs is 2. The van der Waals surface area contributed by atoms with Gasteiger partial charge in [-0.1, -0.05) is 41.9 Å². The third kappa shape index (κ3) is 3.04. The SMILES string of the molecule is C[C@]12CNC[C@](C)(CN(Cc3ccc(Br)cc3)C1)C2. The molecule has 2 atom stereocenters. The number of halogens is 1. The maximum absolute atomic E-state index is 3.63. The van der Waals surface area contributed by atoms with Gasteiger partial charge in [0.25, 0.3) is 0 Å². The van der Waals surface area contributed by atoms with Crippen molar-refractivity contribution in [3.63, 3.8) is 0 Å². The first-order valence-corrected chi connectivity index (χ1v) is 7.93. The van der Waals surface area contributed by atoms with Crippen LogP contribution in [0.25, 0.3) is 0 Å². The Bertz CT molecular complexity index is 440. The third-order valence-corrected chi connectivity index (χ3v) is 5.02. The van der Waals surface area contributed by atoms with Gasteiger partial charge in [-0.15, -0.1) is 0 Å². The van der Waals surface area contributed by atoms with Gasteiger partial charge in [0.15, 0.2) is 0 Å². The Labute approximate surface area is 124 Å². The molecule has 2 aliphatic rings. The summed E-state index contributed by atoms with van der Waals surface area (Å²) in [6.45, 7) is 10.7. The minimum absolute atomic E-state index is 0.445. The van der Waals surface area contributed by atoms with Crippen LogP contribution in [-0.2, 0) is 6.54 Å². The van der Waals surface area contributed by atoms with Gasteiger partial charge >= 0.3 is 0 Å². The lowest BCUT2D eigenvalue weighted by Crippen LogP contribution is -2.60. The van der Waals surface area contributed by atoms with E-state index in [2.05, 4.69) is 64.3 Å². The van der Waals surface area contributed by atoms with E-state index >= 15 is 0 Å². The van der Waals surface area contributed by atoms with Crippen LogP contribution in [0.5, 0.6) is 0 Å². The quantitative estimate of drug-likeness (QED) is 0.899. The Morgan fingerprint density at radius 1 is 1.11 bits per heavy atom. The fourth-order valence-corrected chi connectivity index (χ4v) is 4.40. The Hall–Kier alpha value is -0.380. The van der Waals surface area contributed by atoms with Gasteiger partial charge in [0.05, 0.1) is 0 Å². The molecule has 0 amide bonds. The molecular formula is C16H23BrN2. The first-order chi connectivity index (χ1) is 8.96. The minimum atomic E-state index is 0.445. The monoisotopic (exact) mass is 322 g/mol. The molecular weight excluding hydrogens is 300 g/mol. The van der Waals surface area contributed by atoms with Gasteiger partial charge in [0, 0.05) is 37.2 Å². The smallest absolute Gasteiger partial charge is 0.0234 e. The average Bonchev–Trinajstić information content (AvgIpc) is 2.29. The molecule has 0 saturated carbocycles. The molecule has 2 nitrogen and oxygen atoms in total. The van der Waals surface area contributed by atoms with Gasteiger partial charge in [0.2, 0.25) is 0 Å². The second-order valence-corrected chi connectivity index (χ2v) is 8.09. The lowest BCUT2D eigenvalue weighted by molar-refractivity contribution is -0.0237. The van der Waals surface area contributed by atoms with Crippen molar-refractivity contribution in [2.24, 2.45) is 10.8 Å². The van der Waals surface area contributed by atoms with E-state index in [1.165, 1.54) is 38.2 Å². The van der Waals surface area contributed by atoms with Crippen molar-refractivity contribution in [1.82, 2.24) is 10.2 Å². The van der Waals surface area contributed by atoms with Crippen molar-refractivity contribution >= 4 is 15.9 Å². The van der Waals surface area contributed by atoms with Crippen molar-refractivity contribution in [1.29, 1.82) is 0 Å². The van der Waals surface area contributed by atoms with Crippen LogP contribution in [0.4, 0.5) is 0 Å². The number of piperidine rings is 2. The highest BCUT2D eigenvalue weighted by Gasteiger charge is 2.45. The van der Waals surface area contributed by atoms with Crippen LogP contribution in [0.2, 0.25) is 0 Å². The van der Waals surface area contributed by atoms with Crippen LogP contribution in [-0.4, -0.2) is 31.1 Å². The molecule has 19 heavy (non-hydrogen) atoms. The predicted octanol–water partition coefficient (Wildman–Crippen LogP) is 3.27. The van der Waals surface area contributed by atoms with Gasteiger partial charge < -0.3 is 5.32 Å². The predicted molar refractivity (Wildman–Crippen MR) is 83.1 cm³/mol. The summed E-state index contributed by atoms with van der Waals surface area (Å²) in [5.74, 6) is 0. The molecule has 2 bridgehead atoms. The van der Waals surface area contributed by atoms with Gasteiger partial charge in [-0.2, -0.15) is 0 Å². The Morgan fingerprint density at radius 2 is 1.68 bits per heavy atom. The Morgan fingerprint density at radius 3 is 2.26 bits per heavy atom. The number of nitrogens with zero attached hydrogens (tertiary/aromatic N) is 1. The summed E-state index contributed by atoms with van der Waals surface area (Å²) in [6.07, 6.45) is 1.36. The largest absolute Gasteiger partial charge is 0.316 e. The number of hydrogen-bond acceptors (Lipinski definition) is 2. The molecule has 0 radical (unpaired) electrons. The second kappa shape index (κ2) is 4.87. The summed E-state index contributed by atoms with van der Waals surface area (Å²) in [4.78, 5) is 2.65. The molecule has 3 rings (SSSR count). The zero-order valence-electron chi connectivity index (χ0n) is 11.9. The van der Waals surface area contributed by atoms with Crippen molar-refractivity contribution in [2.45, 2.75) is 26.8 Å². The standard InChI is InChI=1S/C16H23BrN2/c1-15-8-16(2,10-18-9-15)12-19(11-15)7-13-3-5-14(17)6-4-13/h3-6,18H,7-12H2,1-2H3/t15-,16+. The van der Waals surface area contributed by atoms with E-state index in [0.29, 0.717) is 10.8 Å². The fraction of sp³-hybridized carbons (Fsp3) is 0.625. The highest BCUT2D eigenvalue weighted by atomic mass is 79.9. The molecule has 0 aromatic heterocycles. The molecule has 0 aliphatic carbocycles. The lowest BCUT2D eigenvalue weighted by atomic mass is 9.66. The Kier molecular flexibility index (Phi) is 3.48. The van der Waals surface area contributed by atoms with Crippen LogP contribution in [0.3, 0.4) is 0 Å². The molecule has 1 aromatic rings. The van der Waals surface area contributed by atoms with Crippen LogP contribution < -0.4 is 5.32 Å². The first kappa shape index (κ1) is 13.6. The molecule has 2 heterocycles. The van der Waals surface area contributed by atoms with Crippen LogP contribution in [0.1, 0.15) is 25.8 Å². The van der Waals surface area contributed by atoms with Gasteiger partial charge in [0.1, 0.15) is 0 Å². The second-order valence-electron chi connectivity index (χ2n) is 7.17. The topological polar surface area (TPSA) is 15.3 Å². The molecule has 2 aliphatic heterocycles. The molecule has 1 N–H and O–H groups in total. The molecule has 2 fully saturated rings. The summed E-state index contributed by atoms with van der Waals surface area (Å²) >= 11 is 3.51. The third-order valence-electron chi connectivity index (χ3n) is 4.49. The number of benzene rings is 1. The first-order valence-electron chi connectivity index (χ1n) is 7.14. The van der Waals surface area contributed by atoms with E-state index in [-0.39, 0.29) is 0 Å². The Balaban J connectivity index is 1.73. The zero-order chi connectivity index (χ0) is 13.5. The van der Waals surface area contributed by atoms with E-state index in [1.54, 1.807) is 0 Å². The number of hydrogen-bond donors (Lipinski definition) is 1. The van der Waals surface area contributed by atoms with E-state index in [1.807, 2.05) is 0 Å². The summed E-state index contributed by atoms with van der Waals surface area (Å²) in [5, 5.41) is 3.63. The average molecular weight is 323 g/mol. The van der Waals surface area contributed by atoms with E-state index in [4.69, 9.17) is 0 Å². The van der Waals surface area contributed by atoms with Gasteiger partial charge in [-0.05, 0) is 34.9 Å². The normalized spacial score (nSPS) is 35.3. The van der Waals surface area contributed by atoms with Crippen molar-refractivity contribution < 1.29 is 0 Å². The van der Waals surface area contributed by atoms with Gasteiger partial charge in [-0.3, -0.25) is 4.90 Å². The van der Waals surface area contributed by atoms with Crippen LogP contribution in [0, 0.1) is 10.8 Å². The highest BCUT2D eigenvalue weighted by molar-refractivity contribution is 9.10. The number of nitrogens with one attached hydrogen (secondary N) is 1. The molecule has 2 saturated heterocycles. The van der Waals surface area contributed by atoms with E-state index < -0.39 is 0 Å². The molecule has 104 valence electrons.